The van der Waals surface area contributed by atoms with Crippen molar-refractivity contribution in [2.75, 3.05) is 0 Å². The van der Waals surface area contributed by atoms with Crippen LogP contribution in [0.15, 0.2) is 53.1 Å². The van der Waals surface area contributed by atoms with E-state index in [4.69, 9.17) is 4.52 Å². The fraction of sp³-hybridized carbons (Fsp3) is 0.0556. The Kier molecular flexibility index (Phi) is 3.98. The number of aromatic nitrogens is 2. The van der Waals surface area contributed by atoms with Crippen LogP contribution < -0.4 is 0 Å². The van der Waals surface area contributed by atoms with Crippen LogP contribution in [0.4, 0.5) is 4.39 Å². The molecule has 5 heteroatoms. The van der Waals surface area contributed by atoms with Gasteiger partial charge in [0.15, 0.2) is 0 Å². The number of hydrogen-bond acceptors (Lipinski definition) is 4. The fourth-order valence-electron chi connectivity index (χ4n) is 2.06. The summed E-state index contributed by atoms with van der Waals surface area (Å²) in [4.78, 5) is 4.24. The number of hydrogen-bond donors (Lipinski definition) is 0. The normalized spacial score (nSPS) is 11.3. The third-order valence-electron chi connectivity index (χ3n) is 3.25. The lowest BCUT2D eigenvalue weighted by atomic mass is 10.1. The molecule has 0 aliphatic rings. The highest BCUT2D eigenvalue weighted by Crippen LogP contribution is 2.21. The van der Waals surface area contributed by atoms with Crippen LogP contribution in [0.1, 0.15) is 17.0 Å². The summed E-state index contributed by atoms with van der Waals surface area (Å²) in [5.41, 5.74) is 2.66. The van der Waals surface area contributed by atoms with E-state index in [9.17, 15) is 9.65 Å². The Hall–Kier alpha value is -3.26. The Morgan fingerprint density at radius 1 is 1.22 bits per heavy atom. The molecule has 1 aromatic heterocycles. The Morgan fingerprint density at radius 2 is 2.00 bits per heavy atom. The average Bonchev–Trinajstić information content (AvgIpc) is 3.03. The smallest absolute Gasteiger partial charge is 0.268 e. The van der Waals surface area contributed by atoms with Gasteiger partial charge < -0.3 is 4.52 Å². The molecule has 0 spiro atoms. The lowest BCUT2D eigenvalue weighted by Crippen LogP contribution is -1.85. The molecule has 2 aromatic carbocycles. The maximum absolute atomic E-state index is 13.2. The highest BCUT2D eigenvalue weighted by molar-refractivity contribution is 5.86. The third-order valence-corrected chi connectivity index (χ3v) is 3.25. The molecule has 0 fully saturated rings. The van der Waals surface area contributed by atoms with Gasteiger partial charge in [-0.15, -0.1) is 0 Å². The van der Waals surface area contributed by atoms with Crippen molar-refractivity contribution in [2.24, 2.45) is 0 Å². The van der Waals surface area contributed by atoms with Crippen molar-refractivity contribution in [3.63, 3.8) is 0 Å². The lowest BCUT2D eigenvalue weighted by Gasteiger charge is -1.95. The zero-order valence-electron chi connectivity index (χ0n) is 12.3. The number of aryl methyl sites for hydroxylation is 1. The Morgan fingerprint density at radius 3 is 2.70 bits per heavy atom. The van der Waals surface area contributed by atoms with Crippen molar-refractivity contribution >= 4 is 11.6 Å². The van der Waals surface area contributed by atoms with Crippen molar-refractivity contribution in [3.8, 4) is 17.5 Å². The lowest BCUT2D eigenvalue weighted by molar-refractivity contribution is 0.409. The summed E-state index contributed by atoms with van der Waals surface area (Å²) in [7, 11) is 0. The van der Waals surface area contributed by atoms with Crippen molar-refractivity contribution in [2.45, 2.75) is 6.92 Å². The van der Waals surface area contributed by atoms with Crippen LogP contribution in [-0.2, 0) is 0 Å². The van der Waals surface area contributed by atoms with Gasteiger partial charge in [0.05, 0.1) is 0 Å². The molecule has 3 rings (SSSR count). The minimum absolute atomic E-state index is 0.104. The monoisotopic (exact) mass is 305 g/mol. The minimum atomic E-state index is -0.373. The second-order valence-electron chi connectivity index (χ2n) is 5.01. The second-order valence-corrected chi connectivity index (χ2v) is 5.01. The maximum Gasteiger partial charge on any atom is 0.268 e. The first-order chi connectivity index (χ1) is 11.2. The van der Waals surface area contributed by atoms with Gasteiger partial charge in [-0.2, -0.15) is 10.2 Å². The molecule has 0 radical (unpaired) electrons. The number of benzene rings is 2. The predicted octanol–water partition coefficient (Wildman–Crippen LogP) is 4.25. The van der Waals surface area contributed by atoms with E-state index in [2.05, 4.69) is 10.1 Å². The van der Waals surface area contributed by atoms with E-state index in [-0.39, 0.29) is 17.3 Å². The molecule has 0 amide bonds. The van der Waals surface area contributed by atoms with E-state index in [1.807, 2.05) is 37.3 Å². The van der Waals surface area contributed by atoms with Crippen molar-refractivity contribution in [3.05, 3.63) is 71.4 Å². The molecule has 0 saturated heterocycles. The van der Waals surface area contributed by atoms with Crippen molar-refractivity contribution in [1.82, 2.24) is 10.1 Å². The van der Waals surface area contributed by atoms with Gasteiger partial charge in [0.1, 0.15) is 17.5 Å². The summed E-state index contributed by atoms with van der Waals surface area (Å²) in [6, 6.07) is 15.6. The first kappa shape index (κ1) is 14.7. The van der Waals surface area contributed by atoms with Gasteiger partial charge in [0.2, 0.25) is 5.82 Å². The van der Waals surface area contributed by atoms with E-state index >= 15 is 0 Å². The Labute approximate surface area is 132 Å². The van der Waals surface area contributed by atoms with Crippen LogP contribution >= 0.6 is 0 Å². The molecular formula is C18H12FN3O. The second kappa shape index (κ2) is 6.24. The van der Waals surface area contributed by atoms with Crippen LogP contribution in [0.5, 0.6) is 0 Å². The van der Waals surface area contributed by atoms with Crippen LogP contribution in [0.25, 0.3) is 23.0 Å². The van der Waals surface area contributed by atoms with Gasteiger partial charge in [0, 0.05) is 5.56 Å². The topological polar surface area (TPSA) is 62.7 Å². The standard InChI is InChI=1S/C18H12FN3O/c1-12-5-7-14(8-6-12)17-21-18(23-22-17)15(11-20)9-13-3-2-4-16(19)10-13/h2-10H,1H3/b15-9+. The summed E-state index contributed by atoms with van der Waals surface area (Å²) in [5, 5.41) is 13.2. The van der Waals surface area contributed by atoms with E-state index in [1.54, 1.807) is 12.1 Å². The van der Waals surface area contributed by atoms with Gasteiger partial charge >= 0.3 is 0 Å². The third kappa shape index (κ3) is 3.33. The molecular weight excluding hydrogens is 293 g/mol. The van der Waals surface area contributed by atoms with Crippen LogP contribution in [-0.4, -0.2) is 10.1 Å². The largest absolute Gasteiger partial charge is 0.333 e. The Balaban J connectivity index is 1.94. The molecule has 0 aliphatic heterocycles. The van der Waals surface area contributed by atoms with E-state index in [1.165, 1.54) is 18.2 Å². The van der Waals surface area contributed by atoms with Crippen molar-refractivity contribution < 1.29 is 8.91 Å². The SMILES string of the molecule is Cc1ccc(-c2noc(/C(C#N)=C/c3cccc(F)c3)n2)cc1. The summed E-state index contributed by atoms with van der Waals surface area (Å²) >= 11 is 0. The quantitative estimate of drug-likeness (QED) is 0.679. The highest BCUT2D eigenvalue weighted by Gasteiger charge is 2.13. The maximum atomic E-state index is 13.2. The molecule has 0 aliphatic carbocycles. The van der Waals surface area contributed by atoms with E-state index in [0.717, 1.165) is 11.1 Å². The summed E-state index contributed by atoms with van der Waals surface area (Å²) < 4.78 is 18.4. The van der Waals surface area contributed by atoms with Crippen molar-refractivity contribution in [1.29, 1.82) is 5.26 Å². The van der Waals surface area contributed by atoms with E-state index < -0.39 is 0 Å². The fourth-order valence-corrected chi connectivity index (χ4v) is 2.06. The number of nitrogens with zero attached hydrogens (tertiary/aromatic N) is 3. The number of rotatable bonds is 3. The number of allylic oxidation sites excluding steroid dienone is 1. The van der Waals surface area contributed by atoms with Gasteiger partial charge in [-0.25, -0.2) is 4.39 Å². The zero-order valence-corrected chi connectivity index (χ0v) is 12.3. The summed E-state index contributed by atoms with van der Waals surface area (Å²) in [6.07, 6.45) is 1.51. The Bertz CT molecular complexity index is 905. The molecule has 0 bridgehead atoms. The molecule has 4 nitrogen and oxygen atoms in total. The first-order valence-electron chi connectivity index (χ1n) is 6.94. The molecule has 0 unspecified atom stereocenters. The average molecular weight is 305 g/mol. The first-order valence-corrected chi connectivity index (χ1v) is 6.94. The summed E-state index contributed by atoms with van der Waals surface area (Å²) in [5.74, 6) is 0.134. The van der Waals surface area contributed by atoms with E-state index in [0.29, 0.717) is 11.4 Å². The highest BCUT2D eigenvalue weighted by atomic mass is 19.1. The molecule has 0 saturated carbocycles. The van der Waals surface area contributed by atoms with Gasteiger partial charge in [0.25, 0.3) is 5.89 Å². The van der Waals surface area contributed by atoms with Gasteiger partial charge in [-0.3, -0.25) is 0 Å². The zero-order chi connectivity index (χ0) is 16.2. The molecule has 1 heterocycles. The van der Waals surface area contributed by atoms with Crippen LogP contribution in [0.3, 0.4) is 0 Å². The predicted molar refractivity (Wildman–Crippen MR) is 84.4 cm³/mol. The number of halogens is 1. The molecule has 0 atom stereocenters. The molecule has 0 N–H and O–H groups in total. The van der Waals surface area contributed by atoms with Gasteiger partial charge in [-0.05, 0) is 30.7 Å². The minimum Gasteiger partial charge on any atom is -0.333 e. The van der Waals surface area contributed by atoms with Crippen LogP contribution in [0.2, 0.25) is 0 Å². The van der Waals surface area contributed by atoms with Crippen LogP contribution in [0, 0.1) is 24.1 Å². The summed E-state index contributed by atoms with van der Waals surface area (Å²) in [6.45, 7) is 1.99. The van der Waals surface area contributed by atoms with Gasteiger partial charge in [-0.1, -0.05) is 47.1 Å². The molecule has 23 heavy (non-hydrogen) atoms. The molecule has 112 valence electrons. The molecule has 3 aromatic rings. The number of nitriles is 1.